The number of aromatic amines is 2. The number of nitrogens with zero attached hydrogens (tertiary/aromatic N) is 1. The molecule has 1 aliphatic rings. The number of nitrogens with two attached hydrogens (primary N) is 1. The molecule has 0 saturated carbocycles. The molecule has 0 aromatic carbocycles. The van der Waals surface area contributed by atoms with E-state index in [-0.39, 0.29) is 5.69 Å². The lowest BCUT2D eigenvalue weighted by Gasteiger charge is -2.06. The van der Waals surface area contributed by atoms with E-state index in [0.29, 0.717) is 24.6 Å². The van der Waals surface area contributed by atoms with E-state index in [1.165, 1.54) is 5.57 Å². The van der Waals surface area contributed by atoms with Gasteiger partial charge in [-0.05, 0) is 31.0 Å². The van der Waals surface area contributed by atoms with E-state index >= 15 is 0 Å². The molecule has 0 aliphatic heterocycles. The Morgan fingerprint density at radius 3 is 3.05 bits per heavy atom. The van der Waals surface area contributed by atoms with Crippen molar-refractivity contribution in [3.63, 3.8) is 0 Å². The van der Waals surface area contributed by atoms with Crippen LogP contribution in [0.5, 0.6) is 0 Å². The van der Waals surface area contributed by atoms with Gasteiger partial charge in [-0.1, -0.05) is 18.2 Å². The normalized spacial score (nSPS) is 13.9. The molecule has 5 N–H and O–H groups in total. The minimum Gasteiger partial charge on any atom is -0.366 e. The minimum atomic E-state index is -0.361. The lowest BCUT2D eigenvalue weighted by molar-refractivity contribution is 0.936. The van der Waals surface area contributed by atoms with Crippen LogP contribution in [0, 0.1) is 0 Å². The summed E-state index contributed by atoms with van der Waals surface area (Å²) in [6.07, 6.45) is 7.91. The zero-order valence-corrected chi connectivity index (χ0v) is 11.1. The summed E-state index contributed by atoms with van der Waals surface area (Å²) in [5, 5.41) is 4.12. The van der Waals surface area contributed by atoms with Gasteiger partial charge in [-0.3, -0.25) is 4.98 Å². The molecule has 0 unspecified atom stereocenters. The summed E-state index contributed by atoms with van der Waals surface area (Å²) in [5.41, 5.74) is 8.15. The first kappa shape index (κ1) is 12.7. The molecule has 6 heteroatoms. The molecule has 3 rings (SSSR count). The number of allylic oxidation sites excluding steroid dienone is 3. The maximum Gasteiger partial charge on any atom is 0.348 e. The van der Waals surface area contributed by atoms with Gasteiger partial charge in [0.15, 0.2) is 0 Å². The van der Waals surface area contributed by atoms with E-state index in [0.717, 1.165) is 23.9 Å². The van der Waals surface area contributed by atoms with Crippen molar-refractivity contribution in [3.8, 4) is 0 Å². The highest BCUT2D eigenvalue weighted by atomic mass is 16.1. The van der Waals surface area contributed by atoms with Crippen molar-refractivity contribution in [2.75, 3.05) is 18.4 Å². The van der Waals surface area contributed by atoms with E-state index < -0.39 is 0 Å². The second-order valence-electron chi connectivity index (χ2n) is 4.82. The molecule has 0 bridgehead atoms. The average Bonchev–Trinajstić information content (AvgIpc) is 3.05. The van der Waals surface area contributed by atoms with Crippen molar-refractivity contribution in [1.29, 1.82) is 0 Å². The Bertz CT molecular complexity index is 738. The molecule has 6 nitrogen and oxygen atoms in total. The van der Waals surface area contributed by atoms with Crippen LogP contribution in [-0.2, 0) is 6.42 Å². The minimum absolute atomic E-state index is 0.361. The molecule has 1 aliphatic carbocycles. The van der Waals surface area contributed by atoms with Gasteiger partial charge in [0.05, 0.1) is 5.39 Å². The van der Waals surface area contributed by atoms with Crippen molar-refractivity contribution in [1.82, 2.24) is 15.0 Å². The number of aromatic nitrogens is 3. The zero-order valence-electron chi connectivity index (χ0n) is 11.1. The maximum absolute atomic E-state index is 11.6. The van der Waals surface area contributed by atoms with Crippen LogP contribution in [0.3, 0.4) is 0 Å². The van der Waals surface area contributed by atoms with Crippen molar-refractivity contribution in [2.24, 2.45) is 5.73 Å². The van der Waals surface area contributed by atoms with Crippen LogP contribution in [0.15, 0.2) is 34.7 Å². The Labute approximate surface area is 115 Å². The number of nitrogens with one attached hydrogen (secondary N) is 3. The first-order valence-corrected chi connectivity index (χ1v) is 6.66. The lowest BCUT2D eigenvalue weighted by atomic mass is 10.2. The van der Waals surface area contributed by atoms with Crippen LogP contribution in [0.25, 0.3) is 11.0 Å². The van der Waals surface area contributed by atoms with E-state index in [9.17, 15) is 4.79 Å². The molecule has 2 aromatic rings. The number of hydrogen-bond donors (Lipinski definition) is 4. The second kappa shape index (κ2) is 5.34. The largest absolute Gasteiger partial charge is 0.366 e. The summed E-state index contributed by atoms with van der Waals surface area (Å²) in [4.78, 5) is 21.5. The van der Waals surface area contributed by atoms with Crippen molar-refractivity contribution >= 4 is 16.9 Å². The highest BCUT2D eigenvalue weighted by Gasteiger charge is 2.09. The Kier molecular flexibility index (Phi) is 3.39. The first-order valence-electron chi connectivity index (χ1n) is 6.66. The van der Waals surface area contributed by atoms with Crippen molar-refractivity contribution < 1.29 is 0 Å². The molecular formula is C14H17N5O. The summed E-state index contributed by atoms with van der Waals surface area (Å²) in [5.74, 6) is 0.607. The highest BCUT2D eigenvalue weighted by molar-refractivity contribution is 5.87. The fourth-order valence-electron chi connectivity index (χ4n) is 2.34. The molecule has 2 aromatic heterocycles. The quantitative estimate of drug-likeness (QED) is 0.653. The van der Waals surface area contributed by atoms with Gasteiger partial charge in [0.1, 0.15) is 11.5 Å². The van der Waals surface area contributed by atoms with Gasteiger partial charge in [0.2, 0.25) is 0 Å². The Morgan fingerprint density at radius 2 is 2.30 bits per heavy atom. The number of rotatable bonds is 5. The third-order valence-corrected chi connectivity index (χ3v) is 3.32. The Hall–Kier alpha value is -2.34. The summed E-state index contributed by atoms with van der Waals surface area (Å²) in [7, 11) is 0. The van der Waals surface area contributed by atoms with E-state index in [4.69, 9.17) is 5.73 Å². The zero-order chi connectivity index (χ0) is 13.9. The Balaban J connectivity index is 1.89. The van der Waals surface area contributed by atoms with Gasteiger partial charge in [-0.25, -0.2) is 4.79 Å². The van der Waals surface area contributed by atoms with Gasteiger partial charge < -0.3 is 16.0 Å². The fraction of sp³-hybridized carbons (Fsp3) is 0.286. The van der Waals surface area contributed by atoms with E-state index in [1.54, 1.807) is 0 Å². The highest BCUT2D eigenvalue weighted by Crippen LogP contribution is 2.20. The third-order valence-electron chi connectivity index (χ3n) is 3.32. The second-order valence-corrected chi connectivity index (χ2v) is 4.82. The standard InChI is InChI=1S/C14H17N5O/c15-6-5-10-7-11-12(16-8-9-3-1-2-4-9)18-14(20)19-13(11)17-10/h1-3,7H,4-6,8,15H2,(H3,16,17,18,19,20). The summed E-state index contributed by atoms with van der Waals surface area (Å²) in [6, 6.07) is 1.98. The average molecular weight is 271 g/mol. The Morgan fingerprint density at radius 1 is 1.40 bits per heavy atom. The van der Waals surface area contributed by atoms with Crippen LogP contribution in [0.2, 0.25) is 0 Å². The molecule has 0 radical (unpaired) electrons. The number of hydrogen-bond acceptors (Lipinski definition) is 4. The van der Waals surface area contributed by atoms with Crippen LogP contribution in [0.1, 0.15) is 12.1 Å². The van der Waals surface area contributed by atoms with Crippen LogP contribution < -0.4 is 16.7 Å². The lowest BCUT2D eigenvalue weighted by Crippen LogP contribution is -2.15. The summed E-state index contributed by atoms with van der Waals surface area (Å²) >= 11 is 0. The van der Waals surface area contributed by atoms with Gasteiger partial charge in [-0.15, -0.1) is 0 Å². The van der Waals surface area contributed by atoms with Gasteiger partial charge >= 0.3 is 5.69 Å². The molecule has 0 fully saturated rings. The van der Waals surface area contributed by atoms with Crippen LogP contribution >= 0.6 is 0 Å². The molecule has 0 amide bonds. The number of H-pyrrole nitrogens is 2. The summed E-state index contributed by atoms with van der Waals surface area (Å²) < 4.78 is 0. The predicted octanol–water partition coefficient (Wildman–Crippen LogP) is 1.05. The van der Waals surface area contributed by atoms with Gasteiger partial charge in [0.25, 0.3) is 0 Å². The molecule has 0 saturated heterocycles. The maximum atomic E-state index is 11.6. The van der Waals surface area contributed by atoms with Crippen LogP contribution in [0.4, 0.5) is 5.82 Å². The molecule has 0 spiro atoms. The topological polar surface area (TPSA) is 99.6 Å². The first-order chi connectivity index (χ1) is 9.76. The van der Waals surface area contributed by atoms with Gasteiger partial charge in [-0.2, -0.15) is 4.98 Å². The van der Waals surface area contributed by atoms with Crippen LogP contribution in [-0.4, -0.2) is 28.0 Å². The van der Waals surface area contributed by atoms with Crippen molar-refractivity contribution in [3.05, 3.63) is 46.0 Å². The van der Waals surface area contributed by atoms with E-state index in [1.807, 2.05) is 12.1 Å². The molecule has 0 atom stereocenters. The molecular weight excluding hydrogens is 254 g/mol. The van der Waals surface area contributed by atoms with Gasteiger partial charge in [0, 0.05) is 12.2 Å². The molecule has 104 valence electrons. The number of anilines is 1. The molecule has 2 heterocycles. The third kappa shape index (κ3) is 2.50. The number of fused-ring (bicyclic) bond motifs is 1. The monoisotopic (exact) mass is 271 g/mol. The van der Waals surface area contributed by atoms with Crippen molar-refractivity contribution in [2.45, 2.75) is 12.8 Å². The fourth-order valence-corrected chi connectivity index (χ4v) is 2.34. The molecule has 20 heavy (non-hydrogen) atoms. The van der Waals surface area contributed by atoms with E-state index in [2.05, 4.69) is 32.4 Å². The smallest absolute Gasteiger partial charge is 0.348 e. The summed E-state index contributed by atoms with van der Waals surface area (Å²) in [6.45, 7) is 1.25. The predicted molar refractivity (Wildman–Crippen MR) is 79.8 cm³/mol. The SMILES string of the molecule is NCCc1cc2c(NCC3=CC=CC3)nc(=O)[nH]c2[nH]1.